The first-order valence-electron chi connectivity index (χ1n) is 6.58. The molecular weight excluding hydrogens is 349 g/mol. The van der Waals surface area contributed by atoms with E-state index in [1.165, 1.54) is 16.4 Å². The summed E-state index contributed by atoms with van der Waals surface area (Å²) in [7, 11) is -3.78. The summed E-state index contributed by atoms with van der Waals surface area (Å²) >= 11 is 5.94. The summed E-state index contributed by atoms with van der Waals surface area (Å²) in [4.78, 5) is -0.0370. The lowest BCUT2D eigenvalue weighted by molar-refractivity contribution is -0.0149. The highest BCUT2D eigenvalue weighted by Gasteiger charge is 2.43. The van der Waals surface area contributed by atoms with E-state index in [-0.39, 0.29) is 46.6 Å². The van der Waals surface area contributed by atoms with Crippen molar-refractivity contribution < 1.29 is 13.2 Å². The van der Waals surface area contributed by atoms with Gasteiger partial charge in [0.2, 0.25) is 10.0 Å². The summed E-state index contributed by atoms with van der Waals surface area (Å²) in [5, 5.41) is 12.5. The van der Waals surface area contributed by atoms with E-state index in [0.717, 1.165) is 0 Å². The van der Waals surface area contributed by atoms with Crippen LogP contribution in [-0.4, -0.2) is 51.1 Å². The van der Waals surface area contributed by atoms with E-state index in [4.69, 9.17) is 16.3 Å². The van der Waals surface area contributed by atoms with Crippen LogP contribution in [0.2, 0.25) is 5.02 Å². The molecule has 2 fully saturated rings. The first-order chi connectivity index (χ1) is 10.1. The van der Waals surface area contributed by atoms with Crippen molar-refractivity contribution in [2.24, 2.45) is 0 Å². The Balaban J connectivity index is 0.00000176. The van der Waals surface area contributed by atoms with Crippen LogP contribution in [0.1, 0.15) is 5.56 Å². The molecule has 1 N–H and O–H groups in total. The maximum atomic E-state index is 12.9. The number of hydrogen-bond donors (Lipinski definition) is 1. The van der Waals surface area contributed by atoms with Crippen LogP contribution in [0.3, 0.4) is 0 Å². The minimum Gasteiger partial charge on any atom is -0.374 e. The molecule has 0 unspecified atom stereocenters. The number of morpholine rings is 1. The van der Waals surface area contributed by atoms with Gasteiger partial charge in [-0.25, -0.2) is 8.42 Å². The smallest absolute Gasteiger partial charge is 0.244 e. The molecule has 9 heteroatoms. The molecule has 2 saturated heterocycles. The average Bonchev–Trinajstić information content (AvgIpc) is 2.95. The molecule has 0 saturated carbocycles. The first-order valence-corrected chi connectivity index (χ1v) is 8.40. The Hall–Kier alpha value is -0.880. The third-order valence-corrected chi connectivity index (χ3v) is 6.10. The minimum atomic E-state index is -3.78. The number of nitriles is 1. The number of fused-ring (bicyclic) bond motifs is 1. The zero-order valence-corrected chi connectivity index (χ0v) is 13.9. The Morgan fingerprint density at radius 1 is 1.41 bits per heavy atom. The van der Waals surface area contributed by atoms with Gasteiger partial charge in [0.05, 0.1) is 29.3 Å². The Morgan fingerprint density at radius 3 is 2.91 bits per heavy atom. The monoisotopic (exact) mass is 363 g/mol. The van der Waals surface area contributed by atoms with Gasteiger partial charge in [-0.15, -0.1) is 12.4 Å². The molecule has 0 aromatic heterocycles. The van der Waals surface area contributed by atoms with Crippen LogP contribution in [0, 0.1) is 11.3 Å². The Kier molecular flexibility index (Phi) is 5.33. The molecule has 6 nitrogen and oxygen atoms in total. The van der Waals surface area contributed by atoms with Crippen LogP contribution in [0.25, 0.3) is 0 Å². The third-order valence-electron chi connectivity index (χ3n) is 3.82. The minimum absolute atomic E-state index is 0. The number of sulfonamides is 1. The third kappa shape index (κ3) is 2.83. The molecule has 120 valence electrons. The fourth-order valence-corrected chi connectivity index (χ4v) is 4.88. The summed E-state index contributed by atoms with van der Waals surface area (Å²) in [6.07, 6.45) is -0.141. The molecule has 0 amide bonds. The molecule has 22 heavy (non-hydrogen) atoms. The van der Waals surface area contributed by atoms with Crippen LogP contribution in [0.15, 0.2) is 23.1 Å². The molecule has 0 radical (unpaired) electrons. The summed E-state index contributed by atoms with van der Waals surface area (Å²) in [5.41, 5.74) is -0.00633. The van der Waals surface area contributed by atoms with Crippen molar-refractivity contribution >= 4 is 34.0 Å². The largest absolute Gasteiger partial charge is 0.374 e. The van der Waals surface area contributed by atoms with Crippen LogP contribution < -0.4 is 5.32 Å². The summed E-state index contributed by atoms with van der Waals surface area (Å²) in [5.74, 6) is 0. The van der Waals surface area contributed by atoms with Gasteiger partial charge >= 0.3 is 0 Å². The number of hydrogen-bond acceptors (Lipinski definition) is 5. The number of halogens is 2. The Morgan fingerprint density at radius 2 is 2.18 bits per heavy atom. The van der Waals surface area contributed by atoms with Crippen molar-refractivity contribution in [3.8, 4) is 6.07 Å². The molecule has 0 spiro atoms. The van der Waals surface area contributed by atoms with Gasteiger partial charge in [0.15, 0.2) is 0 Å². The second-order valence-corrected chi connectivity index (χ2v) is 7.24. The van der Waals surface area contributed by atoms with Crippen LogP contribution >= 0.6 is 24.0 Å². The second kappa shape index (κ2) is 6.71. The van der Waals surface area contributed by atoms with Crippen molar-refractivity contribution in [1.82, 2.24) is 9.62 Å². The zero-order valence-electron chi connectivity index (χ0n) is 11.5. The fraction of sp³-hybridized carbons (Fsp3) is 0.462. The van der Waals surface area contributed by atoms with Gasteiger partial charge in [-0.05, 0) is 12.1 Å². The van der Waals surface area contributed by atoms with E-state index < -0.39 is 10.0 Å². The van der Waals surface area contributed by atoms with Gasteiger partial charge in [0.25, 0.3) is 0 Å². The average molecular weight is 364 g/mol. The quantitative estimate of drug-likeness (QED) is 0.847. The molecule has 2 heterocycles. The van der Waals surface area contributed by atoms with E-state index in [0.29, 0.717) is 19.7 Å². The lowest BCUT2D eigenvalue weighted by Crippen LogP contribution is -2.53. The molecule has 3 rings (SSSR count). The molecule has 2 aliphatic heterocycles. The highest BCUT2D eigenvalue weighted by atomic mass is 35.5. The van der Waals surface area contributed by atoms with Crippen molar-refractivity contribution in [2.45, 2.75) is 17.0 Å². The van der Waals surface area contributed by atoms with E-state index in [2.05, 4.69) is 5.32 Å². The molecule has 1 aromatic rings. The van der Waals surface area contributed by atoms with Crippen LogP contribution in [-0.2, 0) is 14.8 Å². The number of rotatable bonds is 2. The van der Waals surface area contributed by atoms with Gasteiger partial charge < -0.3 is 10.1 Å². The molecule has 2 aliphatic rings. The maximum absolute atomic E-state index is 12.9. The van der Waals surface area contributed by atoms with E-state index in [1.54, 1.807) is 6.07 Å². The summed E-state index contributed by atoms with van der Waals surface area (Å²) < 4.78 is 32.8. The van der Waals surface area contributed by atoms with Crippen molar-refractivity contribution in [3.05, 3.63) is 28.8 Å². The summed E-state index contributed by atoms with van der Waals surface area (Å²) in [6, 6.07) is 6.12. The summed E-state index contributed by atoms with van der Waals surface area (Å²) in [6.45, 7) is 1.82. The van der Waals surface area contributed by atoms with Crippen molar-refractivity contribution in [1.29, 1.82) is 5.26 Å². The lowest BCUT2D eigenvalue weighted by Gasteiger charge is -2.36. The van der Waals surface area contributed by atoms with Crippen molar-refractivity contribution in [3.63, 3.8) is 0 Å². The Bertz CT molecular complexity index is 705. The first kappa shape index (κ1) is 17.5. The second-order valence-electron chi connectivity index (χ2n) is 4.98. The standard InChI is InChI=1S/C13H14ClN3O3S.ClH/c14-10-2-1-3-13(9(10)6-15)21(18,19)17-4-5-20-12-8-16-7-11(12)17;/h1-3,11-12,16H,4-5,7-8H2;1H/t11-,12+;/m1./s1. The predicted molar refractivity (Wildman–Crippen MR) is 83.7 cm³/mol. The zero-order chi connectivity index (χ0) is 15.0. The molecule has 0 aliphatic carbocycles. The predicted octanol–water partition coefficient (Wildman–Crippen LogP) is 0.995. The maximum Gasteiger partial charge on any atom is 0.244 e. The molecule has 1 aromatic carbocycles. The fourth-order valence-electron chi connectivity index (χ4n) is 2.81. The molecule has 2 atom stereocenters. The van der Waals surface area contributed by atoms with Gasteiger partial charge in [-0.2, -0.15) is 9.57 Å². The topological polar surface area (TPSA) is 82.4 Å². The van der Waals surface area contributed by atoms with Gasteiger partial charge in [0, 0.05) is 19.6 Å². The number of benzene rings is 1. The SMILES string of the molecule is Cl.N#Cc1c(Cl)cccc1S(=O)(=O)N1CCO[C@H]2CNC[C@H]21. The van der Waals surface area contributed by atoms with Crippen molar-refractivity contribution in [2.75, 3.05) is 26.2 Å². The van der Waals surface area contributed by atoms with Gasteiger partial charge in [-0.1, -0.05) is 17.7 Å². The van der Waals surface area contributed by atoms with E-state index >= 15 is 0 Å². The molecule has 0 bridgehead atoms. The number of ether oxygens (including phenoxy) is 1. The van der Waals surface area contributed by atoms with E-state index in [9.17, 15) is 13.7 Å². The molecular formula is C13H15Cl2N3O3S. The highest BCUT2D eigenvalue weighted by molar-refractivity contribution is 7.89. The normalized spacial score (nSPS) is 25.1. The van der Waals surface area contributed by atoms with Gasteiger partial charge in [0.1, 0.15) is 11.0 Å². The lowest BCUT2D eigenvalue weighted by atomic mass is 10.2. The van der Waals surface area contributed by atoms with Crippen LogP contribution in [0.4, 0.5) is 0 Å². The number of nitrogens with zero attached hydrogens (tertiary/aromatic N) is 2. The van der Waals surface area contributed by atoms with E-state index in [1.807, 2.05) is 6.07 Å². The highest BCUT2D eigenvalue weighted by Crippen LogP contribution is 2.29. The van der Waals surface area contributed by atoms with Gasteiger partial charge in [-0.3, -0.25) is 0 Å². The Labute approximate surface area is 140 Å². The van der Waals surface area contributed by atoms with Crippen LogP contribution in [0.5, 0.6) is 0 Å². The number of nitrogens with one attached hydrogen (secondary N) is 1.